The number of hydrogen-bond donors (Lipinski definition) is 3. The topological polar surface area (TPSA) is 77.2 Å². The van der Waals surface area contributed by atoms with Gasteiger partial charge in [0.2, 0.25) is 5.88 Å². The Morgan fingerprint density at radius 3 is 2.53 bits per heavy atom. The van der Waals surface area contributed by atoms with Crippen LogP contribution in [0.2, 0.25) is 0 Å². The molecule has 0 atom stereocenters. The van der Waals surface area contributed by atoms with Crippen LogP contribution in [-0.2, 0) is 5.41 Å². The van der Waals surface area contributed by atoms with Gasteiger partial charge in [-0.1, -0.05) is 61.5 Å². The molecule has 0 aliphatic heterocycles. The van der Waals surface area contributed by atoms with Gasteiger partial charge in [-0.25, -0.2) is 4.39 Å². The van der Waals surface area contributed by atoms with Crippen molar-refractivity contribution in [3.8, 4) is 11.1 Å². The summed E-state index contributed by atoms with van der Waals surface area (Å²) in [4.78, 5) is 2.03. The molecule has 158 valence electrons. The summed E-state index contributed by atoms with van der Waals surface area (Å²) in [5, 5.41) is 17.9. The van der Waals surface area contributed by atoms with Crippen molar-refractivity contribution in [3.05, 3.63) is 71.7 Å². The second-order valence-electron chi connectivity index (χ2n) is 7.99. The van der Waals surface area contributed by atoms with Gasteiger partial charge in [0.15, 0.2) is 5.96 Å². The van der Waals surface area contributed by atoms with Gasteiger partial charge >= 0.3 is 0 Å². The predicted molar refractivity (Wildman–Crippen MR) is 118 cm³/mol. The summed E-state index contributed by atoms with van der Waals surface area (Å²) in [5.74, 6) is 0.220. The summed E-state index contributed by atoms with van der Waals surface area (Å²) >= 11 is 0. The van der Waals surface area contributed by atoms with E-state index >= 15 is 0 Å². The standard InChI is InChI=1S/C23H28FN5O/c1-23(2,17-10-11-18(19(24)14-17)16-8-6-5-7-9-16)20-15-21(30-28-20)27-22(25)26-12-13-29(3)4/h5-11,14-15H,12-13H2,1-4H3,(H3,25,26,27). The fraction of sp³-hybridized carbons (Fsp3) is 0.304. The van der Waals surface area contributed by atoms with Gasteiger partial charge < -0.3 is 14.7 Å². The third-order valence-corrected chi connectivity index (χ3v) is 5.04. The Morgan fingerprint density at radius 2 is 1.87 bits per heavy atom. The van der Waals surface area contributed by atoms with Crippen molar-refractivity contribution in [2.24, 2.45) is 0 Å². The quantitative estimate of drug-likeness (QED) is 0.401. The lowest BCUT2D eigenvalue weighted by Crippen LogP contribution is -2.34. The van der Waals surface area contributed by atoms with Crippen LogP contribution in [0.4, 0.5) is 10.3 Å². The molecule has 0 amide bonds. The Labute approximate surface area is 176 Å². The molecule has 0 saturated heterocycles. The van der Waals surface area contributed by atoms with Gasteiger partial charge in [0.1, 0.15) is 5.82 Å². The first-order valence-corrected chi connectivity index (χ1v) is 9.84. The molecule has 6 nitrogen and oxygen atoms in total. The third-order valence-electron chi connectivity index (χ3n) is 5.04. The van der Waals surface area contributed by atoms with Crippen LogP contribution in [0.5, 0.6) is 0 Å². The molecule has 0 spiro atoms. The molecule has 2 aromatic carbocycles. The van der Waals surface area contributed by atoms with Gasteiger partial charge in [0, 0.05) is 30.1 Å². The third kappa shape index (κ3) is 5.04. The average molecular weight is 410 g/mol. The maximum Gasteiger partial charge on any atom is 0.231 e. The van der Waals surface area contributed by atoms with Crippen molar-refractivity contribution in [3.63, 3.8) is 0 Å². The molecule has 30 heavy (non-hydrogen) atoms. The lowest BCUT2D eigenvalue weighted by Gasteiger charge is -2.23. The number of benzene rings is 2. The summed E-state index contributed by atoms with van der Waals surface area (Å²) < 4.78 is 20.2. The van der Waals surface area contributed by atoms with E-state index in [4.69, 9.17) is 9.93 Å². The number of halogens is 1. The van der Waals surface area contributed by atoms with Crippen molar-refractivity contribution < 1.29 is 8.91 Å². The second-order valence-corrected chi connectivity index (χ2v) is 7.99. The van der Waals surface area contributed by atoms with Crippen LogP contribution in [-0.4, -0.2) is 43.2 Å². The second kappa shape index (κ2) is 9.09. The van der Waals surface area contributed by atoms with Gasteiger partial charge in [0.05, 0.1) is 5.69 Å². The SMILES string of the molecule is CN(C)CCNC(=N)Nc1cc(C(C)(C)c2ccc(-c3ccccc3)c(F)c2)no1. The summed E-state index contributed by atoms with van der Waals surface area (Å²) in [6.07, 6.45) is 0. The van der Waals surface area contributed by atoms with Gasteiger partial charge in [-0.2, -0.15) is 0 Å². The first-order chi connectivity index (χ1) is 14.3. The maximum absolute atomic E-state index is 14.8. The van der Waals surface area contributed by atoms with Crippen molar-refractivity contribution in [1.29, 1.82) is 5.41 Å². The normalized spacial score (nSPS) is 11.5. The number of nitrogens with zero attached hydrogens (tertiary/aromatic N) is 2. The van der Waals surface area contributed by atoms with Gasteiger partial charge in [-0.05, 0) is 31.3 Å². The Bertz CT molecular complexity index is 998. The highest BCUT2D eigenvalue weighted by atomic mass is 19.1. The average Bonchev–Trinajstić information content (AvgIpc) is 3.17. The fourth-order valence-electron chi connectivity index (χ4n) is 3.10. The van der Waals surface area contributed by atoms with Crippen LogP contribution in [0.1, 0.15) is 25.1 Å². The van der Waals surface area contributed by atoms with Gasteiger partial charge in [-0.3, -0.25) is 10.7 Å². The Hall–Kier alpha value is -3.19. The molecule has 0 fully saturated rings. The molecule has 1 heterocycles. The van der Waals surface area contributed by atoms with E-state index in [1.165, 1.54) is 0 Å². The molecule has 3 aromatic rings. The van der Waals surface area contributed by atoms with E-state index in [1.54, 1.807) is 18.2 Å². The molecule has 0 saturated carbocycles. The highest BCUT2D eigenvalue weighted by Gasteiger charge is 2.28. The minimum atomic E-state index is -0.569. The largest absolute Gasteiger partial charge is 0.355 e. The zero-order valence-corrected chi connectivity index (χ0v) is 17.8. The van der Waals surface area contributed by atoms with E-state index in [0.29, 0.717) is 23.7 Å². The van der Waals surface area contributed by atoms with E-state index in [-0.39, 0.29) is 11.8 Å². The number of aromatic nitrogens is 1. The monoisotopic (exact) mass is 409 g/mol. The summed E-state index contributed by atoms with van der Waals surface area (Å²) in [6, 6.07) is 16.5. The van der Waals surface area contributed by atoms with Gasteiger partial charge in [-0.15, -0.1) is 0 Å². The van der Waals surface area contributed by atoms with Crippen molar-refractivity contribution in [1.82, 2.24) is 15.4 Å². The van der Waals surface area contributed by atoms with E-state index in [9.17, 15) is 4.39 Å². The first kappa shape index (κ1) is 21.5. The van der Waals surface area contributed by atoms with Crippen LogP contribution in [0, 0.1) is 11.2 Å². The molecule has 3 N–H and O–H groups in total. The Balaban J connectivity index is 1.73. The molecule has 3 rings (SSSR count). The van der Waals surface area contributed by atoms with E-state index in [2.05, 4.69) is 15.8 Å². The van der Waals surface area contributed by atoms with Crippen LogP contribution in [0.25, 0.3) is 11.1 Å². The predicted octanol–water partition coefficient (Wildman–Crippen LogP) is 4.30. The number of rotatable bonds is 7. The molecular weight excluding hydrogens is 381 g/mol. The van der Waals surface area contributed by atoms with Gasteiger partial charge in [0.25, 0.3) is 0 Å². The molecule has 0 bridgehead atoms. The molecule has 7 heteroatoms. The summed E-state index contributed by atoms with van der Waals surface area (Å²) in [6.45, 7) is 5.38. The minimum Gasteiger partial charge on any atom is -0.355 e. The smallest absolute Gasteiger partial charge is 0.231 e. The number of anilines is 1. The van der Waals surface area contributed by atoms with Crippen LogP contribution in [0.3, 0.4) is 0 Å². The van der Waals surface area contributed by atoms with Crippen molar-refractivity contribution >= 4 is 11.8 Å². The molecule has 1 aromatic heterocycles. The number of likely N-dealkylation sites (N-methyl/N-ethyl adjacent to an activating group) is 1. The molecule has 0 aliphatic rings. The van der Waals surface area contributed by atoms with Crippen LogP contribution < -0.4 is 10.6 Å². The fourth-order valence-corrected chi connectivity index (χ4v) is 3.10. The summed E-state index contributed by atoms with van der Waals surface area (Å²) in [5.41, 5.74) is 2.28. The lowest BCUT2D eigenvalue weighted by atomic mass is 9.81. The highest BCUT2D eigenvalue weighted by molar-refractivity contribution is 5.89. The zero-order chi connectivity index (χ0) is 21.7. The Kier molecular flexibility index (Phi) is 6.52. The van der Waals surface area contributed by atoms with Crippen LogP contribution in [0.15, 0.2) is 59.1 Å². The van der Waals surface area contributed by atoms with E-state index in [1.807, 2.05) is 69.2 Å². The lowest BCUT2D eigenvalue weighted by molar-refractivity contribution is 0.408. The maximum atomic E-state index is 14.8. The molecule has 0 radical (unpaired) electrons. The molecule has 0 aliphatic carbocycles. The number of guanidine groups is 1. The summed E-state index contributed by atoms with van der Waals surface area (Å²) in [7, 11) is 3.94. The van der Waals surface area contributed by atoms with Crippen molar-refractivity contribution in [2.75, 3.05) is 32.5 Å². The van der Waals surface area contributed by atoms with E-state index in [0.717, 1.165) is 17.7 Å². The number of nitrogens with one attached hydrogen (secondary N) is 3. The van der Waals surface area contributed by atoms with Crippen LogP contribution >= 0.6 is 0 Å². The number of hydrogen-bond acceptors (Lipinski definition) is 4. The molecular formula is C23H28FN5O. The highest BCUT2D eigenvalue weighted by Crippen LogP contribution is 2.34. The minimum absolute atomic E-state index is 0.135. The van der Waals surface area contributed by atoms with Crippen molar-refractivity contribution in [2.45, 2.75) is 19.3 Å². The Morgan fingerprint density at radius 1 is 1.13 bits per heavy atom. The van der Waals surface area contributed by atoms with E-state index < -0.39 is 5.41 Å². The molecule has 0 unspecified atom stereocenters. The zero-order valence-electron chi connectivity index (χ0n) is 17.8. The first-order valence-electron chi connectivity index (χ1n) is 9.84.